The Morgan fingerprint density at radius 3 is 2.26 bits per heavy atom. The van der Waals surface area contributed by atoms with E-state index in [2.05, 4.69) is 10.6 Å². The number of carboxylic acids is 1. The van der Waals surface area contributed by atoms with E-state index in [9.17, 15) is 23.5 Å². The number of hydrogen-bond acceptors (Lipinski definition) is 4. The first-order valence-corrected chi connectivity index (χ1v) is 13.6. The smallest absolute Gasteiger partial charge is 0.326 e. The third kappa shape index (κ3) is 7.36. The minimum atomic E-state index is -1.26. The second-order valence-electron chi connectivity index (χ2n) is 9.62. The molecule has 0 aliphatic heterocycles. The molecule has 0 aliphatic rings. The minimum Gasteiger partial charge on any atom is -0.480 e. The lowest BCUT2D eigenvalue weighted by atomic mass is 9.99. The number of benzene rings is 5. The molecular formula is C34H25ClF2N2O4. The molecule has 0 heterocycles. The molecule has 5 aromatic rings. The lowest BCUT2D eigenvalue weighted by molar-refractivity contribution is -0.139. The molecule has 0 fully saturated rings. The molecule has 6 nitrogen and oxygen atoms in total. The van der Waals surface area contributed by atoms with Crippen molar-refractivity contribution in [1.29, 1.82) is 0 Å². The van der Waals surface area contributed by atoms with Crippen LogP contribution in [0, 0.1) is 11.6 Å². The van der Waals surface area contributed by atoms with E-state index in [4.69, 9.17) is 16.3 Å². The van der Waals surface area contributed by atoms with Crippen molar-refractivity contribution in [3.8, 4) is 22.6 Å². The van der Waals surface area contributed by atoms with Gasteiger partial charge in [0, 0.05) is 28.8 Å². The van der Waals surface area contributed by atoms with Gasteiger partial charge in [0.05, 0.1) is 11.3 Å². The van der Waals surface area contributed by atoms with Crippen molar-refractivity contribution in [1.82, 2.24) is 5.32 Å². The van der Waals surface area contributed by atoms with Gasteiger partial charge in [-0.25, -0.2) is 13.6 Å². The number of para-hydroxylation sites is 2. The number of carboxylic acid groups (broad SMARTS) is 1. The summed E-state index contributed by atoms with van der Waals surface area (Å²) in [6.07, 6.45) is 0.00994. The number of carbonyl (C=O) groups excluding carboxylic acids is 1. The molecule has 216 valence electrons. The topological polar surface area (TPSA) is 87.7 Å². The van der Waals surface area contributed by atoms with Crippen LogP contribution in [0.4, 0.5) is 20.2 Å². The van der Waals surface area contributed by atoms with Gasteiger partial charge in [-0.15, -0.1) is 0 Å². The number of ether oxygens (including phenoxy) is 1. The summed E-state index contributed by atoms with van der Waals surface area (Å²) in [6, 6.07) is 30.7. The summed E-state index contributed by atoms with van der Waals surface area (Å²) in [5.41, 5.74) is 2.89. The Morgan fingerprint density at radius 1 is 0.814 bits per heavy atom. The summed E-state index contributed by atoms with van der Waals surface area (Å²) in [7, 11) is 0. The summed E-state index contributed by atoms with van der Waals surface area (Å²) in [4.78, 5) is 25.4. The van der Waals surface area contributed by atoms with E-state index in [1.54, 1.807) is 12.1 Å². The Labute approximate surface area is 251 Å². The molecule has 0 saturated carbocycles. The van der Waals surface area contributed by atoms with E-state index in [1.165, 1.54) is 24.3 Å². The number of nitrogens with one attached hydrogen (secondary N) is 2. The van der Waals surface area contributed by atoms with Crippen LogP contribution < -0.4 is 15.4 Å². The van der Waals surface area contributed by atoms with Gasteiger partial charge in [-0.05, 0) is 59.7 Å². The van der Waals surface area contributed by atoms with Gasteiger partial charge in [0.1, 0.15) is 17.5 Å². The van der Waals surface area contributed by atoms with Crippen LogP contribution in [0.3, 0.4) is 0 Å². The first kappa shape index (κ1) is 29.3. The summed E-state index contributed by atoms with van der Waals surface area (Å²) in [5.74, 6) is -2.63. The number of carbonyl (C=O) groups is 2. The molecule has 3 N–H and O–H groups in total. The van der Waals surface area contributed by atoms with Crippen LogP contribution in [0.15, 0.2) is 115 Å². The van der Waals surface area contributed by atoms with Crippen molar-refractivity contribution < 1.29 is 28.2 Å². The molecule has 1 amide bonds. The van der Waals surface area contributed by atoms with Crippen LogP contribution in [0.25, 0.3) is 11.1 Å². The third-order valence-electron chi connectivity index (χ3n) is 6.59. The third-order valence-corrected chi connectivity index (χ3v) is 6.83. The lowest BCUT2D eigenvalue weighted by Crippen LogP contribution is -2.42. The molecule has 0 bridgehead atoms. The van der Waals surface area contributed by atoms with Crippen LogP contribution in [-0.2, 0) is 11.2 Å². The highest BCUT2D eigenvalue weighted by Crippen LogP contribution is 2.33. The Morgan fingerprint density at radius 2 is 1.53 bits per heavy atom. The van der Waals surface area contributed by atoms with Gasteiger partial charge in [-0.1, -0.05) is 72.3 Å². The summed E-state index contributed by atoms with van der Waals surface area (Å²) >= 11 is 6.12. The van der Waals surface area contributed by atoms with Gasteiger partial charge in [0.2, 0.25) is 0 Å². The predicted octanol–water partition coefficient (Wildman–Crippen LogP) is 8.25. The molecule has 9 heteroatoms. The fourth-order valence-corrected chi connectivity index (χ4v) is 4.62. The van der Waals surface area contributed by atoms with Crippen LogP contribution in [0.2, 0.25) is 5.02 Å². The first-order chi connectivity index (χ1) is 20.8. The van der Waals surface area contributed by atoms with Crippen molar-refractivity contribution in [2.45, 2.75) is 12.5 Å². The quantitative estimate of drug-likeness (QED) is 0.151. The van der Waals surface area contributed by atoms with Crippen LogP contribution in [0.5, 0.6) is 11.5 Å². The van der Waals surface area contributed by atoms with Crippen LogP contribution in [0.1, 0.15) is 15.9 Å². The van der Waals surface area contributed by atoms with Gasteiger partial charge in [-0.2, -0.15) is 0 Å². The molecule has 43 heavy (non-hydrogen) atoms. The Balaban J connectivity index is 1.32. The normalized spacial score (nSPS) is 11.4. The maximum Gasteiger partial charge on any atom is 0.326 e. The number of aliphatic carboxylic acids is 1. The molecule has 5 rings (SSSR count). The molecule has 1 atom stereocenters. The van der Waals surface area contributed by atoms with Crippen molar-refractivity contribution in [3.63, 3.8) is 0 Å². The zero-order valence-electron chi connectivity index (χ0n) is 22.6. The van der Waals surface area contributed by atoms with Gasteiger partial charge in [0.15, 0.2) is 11.6 Å². The standard InChI is InChI=1S/C34H25ClF2N2O4/c35-23-14-17-30(38-24-15-16-28(36)29(37)20-24)27(19-23)33(40)39-31(34(41)42)18-21-10-12-22(13-11-21)26-8-4-5-9-32(26)43-25-6-2-1-3-7-25/h1-17,19-20,31,38H,18H2,(H,39,40)(H,41,42). The zero-order chi connectivity index (χ0) is 30.3. The van der Waals surface area contributed by atoms with E-state index >= 15 is 0 Å². The molecule has 1 unspecified atom stereocenters. The van der Waals surface area contributed by atoms with Crippen molar-refractivity contribution in [3.05, 3.63) is 143 Å². The predicted molar refractivity (Wildman–Crippen MR) is 162 cm³/mol. The number of amides is 1. The summed E-state index contributed by atoms with van der Waals surface area (Å²) < 4.78 is 33.1. The van der Waals surface area contributed by atoms with Gasteiger partial charge < -0.3 is 20.5 Å². The molecule has 0 aromatic heterocycles. The summed E-state index contributed by atoms with van der Waals surface area (Å²) in [5, 5.41) is 15.5. The van der Waals surface area contributed by atoms with Crippen molar-refractivity contribution in [2.24, 2.45) is 0 Å². The van der Waals surface area contributed by atoms with Crippen LogP contribution >= 0.6 is 11.6 Å². The van der Waals surface area contributed by atoms with Gasteiger partial charge >= 0.3 is 5.97 Å². The SMILES string of the molecule is O=C(NC(Cc1ccc(-c2ccccc2Oc2ccccc2)cc1)C(=O)O)c1cc(Cl)ccc1Nc1ccc(F)c(F)c1. The number of rotatable bonds is 10. The second kappa shape index (κ2) is 13.2. The molecule has 0 saturated heterocycles. The highest BCUT2D eigenvalue weighted by atomic mass is 35.5. The van der Waals surface area contributed by atoms with E-state index in [-0.39, 0.29) is 28.4 Å². The zero-order valence-corrected chi connectivity index (χ0v) is 23.3. The van der Waals surface area contributed by atoms with E-state index in [1.807, 2.05) is 66.7 Å². The largest absolute Gasteiger partial charge is 0.480 e. The maximum absolute atomic E-state index is 13.7. The molecule has 0 aliphatic carbocycles. The minimum absolute atomic E-state index is 0.00994. The number of anilines is 2. The number of halogens is 3. The Hall–Kier alpha value is -5.21. The van der Waals surface area contributed by atoms with Crippen molar-refractivity contribution in [2.75, 3.05) is 5.32 Å². The van der Waals surface area contributed by atoms with Gasteiger partial charge in [0.25, 0.3) is 5.91 Å². The Bertz CT molecular complexity index is 1770. The average Bonchev–Trinajstić information content (AvgIpc) is 3.00. The van der Waals surface area contributed by atoms with Crippen LogP contribution in [-0.4, -0.2) is 23.0 Å². The molecular weight excluding hydrogens is 574 g/mol. The molecule has 5 aromatic carbocycles. The first-order valence-electron chi connectivity index (χ1n) is 13.2. The maximum atomic E-state index is 13.7. The molecule has 0 radical (unpaired) electrons. The second-order valence-corrected chi connectivity index (χ2v) is 10.1. The summed E-state index contributed by atoms with van der Waals surface area (Å²) in [6.45, 7) is 0. The Kier molecular flexibility index (Phi) is 8.98. The average molecular weight is 599 g/mol. The lowest BCUT2D eigenvalue weighted by Gasteiger charge is -2.18. The van der Waals surface area contributed by atoms with E-state index < -0.39 is 29.6 Å². The fraction of sp³-hybridized carbons (Fsp3) is 0.0588. The highest BCUT2D eigenvalue weighted by Gasteiger charge is 2.23. The molecule has 0 spiro atoms. The highest BCUT2D eigenvalue weighted by molar-refractivity contribution is 6.31. The van der Waals surface area contributed by atoms with Crippen molar-refractivity contribution >= 4 is 34.9 Å². The monoisotopic (exact) mass is 598 g/mol. The van der Waals surface area contributed by atoms with E-state index in [0.29, 0.717) is 17.1 Å². The van der Waals surface area contributed by atoms with E-state index in [0.717, 1.165) is 23.3 Å². The number of hydrogen-bond donors (Lipinski definition) is 3. The van der Waals surface area contributed by atoms with Gasteiger partial charge in [-0.3, -0.25) is 4.79 Å². The fourth-order valence-electron chi connectivity index (χ4n) is 4.44.